The van der Waals surface area contributed by atoms with Crippen LogP contribution in [0, 0.1) is 0 Å². The van der Waals surface area contributed by atoms with Crippen molar-refractivity contribution in [3.63, 3.8) is 0 Å². The van der Waals surface area contributed by atoms with Gasteiger partial charge in [0.1, 0.15) is 5.69 Å². The van der Waals surface area contributed by atoms with E-state index >= 15 is 0 Å². The van der Waals surface area contributed by atoms with Crippen LogP contribution in [0.3, 0.4) is 0 Å². The third-order valence-electron chi connectivity index (χ3n) is 5.98. The van der Waals surface area contributed by atoms with Gasteiger partial charge in [-0.3, -0.25) is 9.69 Å². The highest BCUT2D eigenvalue weighted by molar-refractivity contribution is 8.18. The topological polar surface area (TPSA) is 39.8 Å². The number of aliphatic imine (C=N–C) groups is 1. The summed E-state index contributed by atoms with van der Waals surface area (Å²) >= 11 is 9.00. The van der Waals surface area contributed by atoms with Gasteiger partial charge in [0.2, 0.25) is 0 Å². The normalized spacial score (nSPS) is 18.3. The molecule has 1 saturated heterocycles. The fourth-order valence-corrected chi connectivity index (χ4v) is 6.08. The largest absolute Gasteiger partial charge is 1.00 e. The molecule has 0 atom stereocenters. The van der Waals surface area contributed by atoms with Gasteiger partial charge in [-0.15, -0.1) is 0 Å². The Bertz CT molecular complexity index is 1420. The van der Waals surface area contributed by atoms with Crippen LogP contribution >= 0.6 is 34.7 Å². The van der Waals surface area contributed by atoms with Crippen LogP contribution in [0.25, 0.3) is 17.3 Å². The van der Waals surface area contributed by atoms with Gasteiger partial charge in [-0.25, -0.2) is 4.57 Å². The molecule has 0 spiro atoms. The number of carbonyl (C=O) groups is 1. The monoisotopic (exact) mass is 554 g/mol. The Balaban J connectivity index is 0.00000304. The summed E-state index contributed by atoms with van der Waals surface area (Å²) < 4.78 is 2.04. The van der Waals surface area contributed by atoms with E-state index < -0.39 is 0 Å². The molecule has 0 aliphatic carbocycles. The number of hydrogen-bond donors (Lipinski definition) is 0. The lowest BCUT2D eigenvalue weighted by atomic mass is 10.1. The third-order valence-corrected chi connectivity index (χ3v) is 8.18. The Morgan fingerprint density at radius 1 is 1.08 bits per heavy atom. The second-order valence-electron chi connectivity index (χ2n) is 8.09. The van der Waals surface area contributed by atoms with Gasteiger partial charge in [0.25, 0.3) is 11.1 Å². The number of anilines is 1. The van der Waals surface area contributed by atoms with Crippen molar-refractivity contribution in [2.75, 3.05) is 18.5 Å². The Labute approximate surface area is 230 Å². The van der Waals surface area contributed by atoms with Crippen LogP contribution in [0.1, 0.15) is 12.5 Å². The van der Waals surface area contributed by atoms with Gasteiger partial charge in [0.15, 0.2) is 0 Å². The van der Waals surface area contributed by atoms with Crippen molar-refractivity contribution in [1.82, 2.24) is 4.90 Å². The molecule has 0 radical (unpaired) electrons. The molecule has 0 saturated carbocycles. The van der Waals surface area contributed by atoms with Crippen LogP contribution in [-0.2, 0) is 11.8 Å². The first-order valence-corrected chi connectivity index (χ1v) is 13.3. The van der Waals surface area contributed by atoms with Crippen molar-refractivity contribution in [2.24, 2.45) is 12.0 Å². The lowest BCUT2D eigenvalue weighted by Gasteiger charge is -2.26. The Morgan fingerprint density at radius 2 is 1.83 bits per heavy atom. The van der Waals surface area contributed by atoms with Gasteiger partial charge < -0.3 is 17.3 Å². The van der Waals surface area contributed by atoms with Gasteiger partial charge in [0, 0.05) is 40.9 Å². The maximum Gasteiger partial charge on any atom is 0.385 e. The first-order valence-electron chi connectivity index (χ1n) is 11.2. The zero-order valence-corrected chi connectivity index (χ0v) is 23.1. The Hall–Kier alpha value is -2.84. The molecule has 3 aromatic rings. The number of carbonyl (C=O) groups excluding carboxylic acids is 1. The predicted octanol–water partition coefficient (Wildman–Crippen LogP) is 3.41. The minimum absolute atomic E-state index is 0. The summed E-state index contributed by atoms with van der Waals surface area (Å²) in [5.74, 6) is -0.0203. The predicted molar refractivity (Wildman–Crippen MR) is 148 cm³/mol. The van der Waals surface area contributed by atoms with Crippen molar-refractivity contribution >= 4 is 62.7 Å². The number of likely N-dealkylation sites (N-methyl/N-ethyl adjacent to an activating group) is 2. The Kier molecular flexibility index (Phi) is 8.05. The number of thiazole rings is 1. The number of nitrogens with zero attached hydrogens (tertiary/aromatic N) is 4. The molecule has 1 amide bonds. The summed E-state index contributed by atoms with van der Waals surface area (Å²) in [6, 6.07) is 16.0. The van der Waals surface area contributed by atoms with Crippen LogP contribution in [0.5, 0.6) is 0 Å². The van der Waals surface area contributed by atoms with Crippen molar-refractivity contribution in [3.8, 4) is 11.3 Å². The van der Waals surface area contributed by atoms with Crippen molar-refractivity contribution in [2.45, 2.75) is 6.92 Å². The number of amidine groups is 1. The number of halogens is 2. The highest BCUT2D eigenvalue weighted by Crippen LogP contribution is 2.35. The van der Waals surface area contributed by atoms with Gasteiger partial charge in [0.05, 0.1) is 12.0 Å². The summed E-state index contributed by atoms with van der Waals surface area (Å²) in [7, 11) is 4.03. The van der Waals surface area contributed by atoms with E-state index in [0.717, 1.165) is 27.8 Å². The quantitative estimate of drug-likeness (QED) is 0.366. The van der Waals surface area contributed by atoms with Gasteiger partial charge in [-0.2, -0.15) is 0 Å². The van der Waals surface area contributed by atoms with Gasteiger partial charge in [-0.05, 0) is 77.8 Å². The number of amides is 1. The van der Waals surface area contributed by atoms with E-state index in [1.54, 1.807) is 16.2 Å². The molecule has 9 heteroatoms. The van der Waals surface area contributed by atoms with E-state index in [4.69, 9.17) is 16.6 Å². The molecule has 1 fully saturated rings. The molecular formula is C27H24Cl2N4OS2. The van der Waals surface area contributed by atoms with Crippen LogP contribution in [0.4, 0.5) is 10.8 Å². The van der Waals surface area contributed by atoms with E-state index in [1.807, 2.05) is 74.1 Å². The minimum Gasteiger partial charge on any atom is -1.00 e. The molecule has 2 aliphatic heterocycles. The van der Waals surface area contributed by atoms with E-state index in [0.29, 0.717) is 21.6 Å². The molecule has 3 heterocycles. The molecular weight excluding hydrogens is 531 g/mol. The van der Waals surface area contributed by atoms with Crippen LogP contribution in [0.15, 0.2) is 87.7 Å². The first kappa shape index (κ1) is 26.2. The molecule has 2 aliphatic rings. The first-order chi connectivity index (χ1) is 17.0. The fourth-order valence-electron chi connectivity index (χ4n) is 4.01. The average Bonchev–Trinajstić information content (AvgIpc) is 3.38. The summed E-state index contributed by atoms with van der Waals surface area (Å²) in [5, 5.41) is 4.31. The molecule has 5 rings (SSSR count). The third kappa shape index (κ3) is 5.02. The second-order valence-corrected chi connectivity index (χ2v) is 10.4. The maximum absolute atomic E-state index is 13.1. The summed E-state index contributed by atoms with van der Waals surface area (Å²) in [6.45, 7) is 2.53. The lowest BCUT2D eigenvalue weighted by molar-refractivity contribution is -0.642. The summed E-state index contributed by atoms with van der Waals surface area (Å²) in [5.41, 5.74) is 5.47. The average molecular weight is 556 g/mol. The zero-order valence-electron chi connectivity index (χ0n) is 20.0. The minimum atomic E-state index is -0.0203. The highest BCUT2D eigenvalue weighted by atomic mass is 35.5. The van der Waals surface area contributed by atoms with E-state index in [2.05, 4.69) is 34.6 Å². The Morgan fingerprint density at radius 3 is 2.58 bits per heavy atom. The van der Waals surface area contributed by atoms with Crippen LogP contribution in [0.2, 0.25) is 5.02 Å². The van der Waals surface area contributed by atoms with E-state index in [-0.39, 0.29) is 18.3 Å². The number of fused-ring (bicyclic) bond motifs is 1. The van der Waals surface area contributed by atoms with Crippen LogP contribution < -0.4 is 21.9 Å². The molecule has 36 heavy (non-hydrogen) atoms. The molecule has 0 unspecified atom stereocenters. The number of benzene rings is 2. The van der Waals surface area contributed by atoms with Crippen molar-refractivity contribution in [3.05, 3.63) is 93.3 Å². The van der Waals surface area contributed by atoms with Crippen molar-refractivity contribution in [1.29, 1.82) is 0 Å². The number of aromatic nitrogens is 1. The molecule has 0 N–H and O–H groups in total. The van der Waals surface area contributed by atoms with E-state index in [1.165, 1.54) is 17.3 Å². The van der Waals surface area contributed by atoms with Crippen LogP contribution in [-0.4, -0.2) is 29.6 Å². The standard InChI is InChI=1S/C27H24ClN4OS2.ClH/c1-4-32-25(33)24(16-15-21-14-11-18-7-5-6-8-22(18)30(21)2)35-27(32)29-26-31(3)23(17-34-26)19-9-12-20(28)13-10-19;/h5-17H,4H2,1-3H3;1H/q+1;/p-1/b21-15-,24-16-;. The smallest absolute Gasteiger partial charge is 0.385 e. The number of allylic oxidation sites excluding steroid dienone is 3. The highest BCUT2D eigenvalue weighted by Gasteiger charge is 2.36. The maximum atomic E-state index is 13.1. The second kappa shape index (κ2) is 11.0. The summed E-state index contributed by atoms with van der Waals surface area (Å²) in [4.78, 5) is 22.5. The zero-order chi connectivity index (χ0) is 24.5. The molecule has 1 aromatic heterocycles. The SMILES string of the molecule is CCN1C(=O)/C(=C/C=C2/C=Cc3ccccc3N2C)SC1=Nc1scc(-c2ccc(Cl)cc2)[n+]1C.[Cl-]. The van der Waals surface area contributed by atoms with Gasteiger partial charge >= 0.3 is 5.13 Å². The summed E-state index contributed by atoms with van der Waals surface area (Å²) in [6.07, 6.45) is 8.06. The molecule has 0 bridgehead atoms. The fraction of sp³-hybridized carbons (Fsp3) is 0.148. The number of rotatable bonds is 4. The number of thioether (sulfide) groups is 1. The molecule has 5 nitrogen and oxygen atoms in total. The molecule has 184 valence electrons. The molecule has 2 aromatic carbocycles. The van der Waals surface area contributed by atoms with Gasteiger partial charge in [-0.1, -0.05) is 47.2 Å². The number of para-hydroxylation sites is 1. The van der Waals surface area contributed by atoms with Crippen molar-refractivity contribution < 1.29 is 21.8 Å². The number of hydrogen-bond acceptors (Lipinski definition) is 5. The lowest BCUT2D eigenvalue weighted by Crippen LogP contribution is -3.00. The van der Waals surface area contributed by atoms with E-state index in [9.17, 15) is 4.79 Å².